The molecule has 1 aromatic carbocycles. The molecule has 0 fully saturated rings. The predicted octanol–water partition coefficient (Wildman–Crippen LogP) is 2.44. The van der Waals surface area contributed by atoms with Gasteiger partial charge in [-0.25, -0.2) is 4.79 Å². The quantitative estimate of drug-likeness (QED) is 0.561. The summed E-state index contributed by atoms with van der Waals surface area (Å²) < 4.78 is 0. The number of carbonyl (C=O) groups is 1. The molecule has 1 rings (SSSR count). The molecule has 0 spiro atoms. The highest BCUT2D eigenvalue weighted by atomic mass is 17.1. The third kappa shape index (κ3) is 2.29. The topological polar surface area (TPSA) is 46.5 Å². The van der Waals surface area contributed by atoms with E-state index in [1.54, 1.807) is 12.1 Å². The predicted molar refractivity (Wildman–Crippen MR) is 48.6 cm³/mol. The molecule has 0 saturated carbocycles. The van der Waals surface area contributed by atoms with Crippen molar-refractivity contribution in [3.8, 4) is 0 Å². The first kappa shape index (κ1) is 9.74. The Morgan fingerprint density at radius 3 is 2.23 bits per heavy atom. The van der Waals surface area contributed by atoms with E-state index in [1.165, 1.54) is 0 Å². The van der Waals surface area contributed by atoms with E-state index < -0.39 is 5.97 Å². The van der Waals surface area contributed by atoms with E-state index in [1.807, 2.05) is 12.1 Å². The lowest BCUT2D eigenvalue weighted by Crippen LogP contribution is -2.01. The minimum absolute atomic E-state index is 0.354. The van der Waals surface area contributed by atoms with Gasteiger partial charge < -0.3 is 0 Å². The molecule has 0 radical (unpaired) electrons. The van der Waals surface area contributed by atoms with Crippen LogP contribution in [0.15, 0.2) is 24.3 Å². The van der Waals surface area contributed by atoms with Gasteiger partial charge in [-0.2, -0.15) is 5.26 Å². The van der Waals surface area contributed by atoms with Gasteiger partial charge in [0.05, 0.1) is 5.56 Å². The summed E-state index contributed by atoms with van der Waals surface area (Å²) in [5.74, 6) is -0.297. The SMILES string of the molecule is CC(C)c1ccc(C(=O)OO)cc1. The highest BCUT2D eigenvalue weighted by Crippen LogP contribution is 2.14. The Balaban J connectivity index is 2.87. The highest BCUT2D eigenvalue weighted by molar-refractivity contribution is 5.88. The normalized spacial score (nSPS) is 10.2. The molecule has 0 heterocycles. The molecule has 0 atom stereocenters. The van der Waals surface area contributed by atoms with Crippen LogP contribution in [0.4, 0.5) is 0 Å². The van der Waals surface area contributed by atoms with Crippen molar-refractivity contribution in [2.45, 2.75) is 19.8 Å². The Bertz CT molecular complexity index is 288. The average Bonchev–Trinajstić information content (AvgIpc) is 2.17. The summed E-state index contributed by atoms with van der Waals surface area (Å²) in [5, 5.41) is 8.12. The maximum Gasteiger partial charge on any atom is 0.372 e. The molecule has 0 aliphatic rings. The number of carbonyl (C=O) groups excluding carboxylic acids is 1. The molecule has 70 valence electrons. The molecular weight excluding hydrogens is 168 g/mol. The Labute approximate surface area is 76.9 Å². The van der Waals surface area contributed by atoms with Gasteiger partial charge >= 0.3 is 5.97 Å². The van der Waals surface area contributed by atoms with Gasteiger partial charge in [-0.15, -0.1) is 0 Å². The van der Waals surface area contributed by atoms with Crippen molar-refractivity contribution in [1.29, 1.82) is 0 Å². The van der Waals surface area contributed by atoms with E-state index in [2.05, 4.69) is 18.7 Å². The molecule has 0 bridgehead atoms. The van der Waals surface area contributed by atoms with Gasteiger partial charge in [0.1, 0.15) is 0 Å². The Kier molecular flexibility index (Phi) is 3.03. The molecule has 0 aromatic heterocycles. The van der Waals surface area contributed by atoms with Gasteiger partial charge in [0.15, 0.2) is 0 Å². The van der Waals surface area contributed by atoms with Gasteiger partial charge in [-0.1, -0.05) is 26.0 Å². The molecule has 1 aromatic rings. The molecule has 0 amide bonds. The van der Waals surface area contributed by atoms with Crippen molar-refractivity contribution in [3.05, 3.63) is 35.4 Å². The smallest absolute Gasteiger partial charge is 0.296 e. The van der Waals surface area contributed by atoms with E-state index in [9.17, 15) is 4.79 Å². The van der Waals surface area contributed by atoms with Crippen molar-refractivity contribution in [1.82, 2.24) is 0 Å². The van der Waals surface area contributed by atoms with Crippen LogP contribution in [-0.2, 0) is 4.89 Å². The van der Waals surface area contributed by atoms with Gasteiger partial charge in [0.2, 0.25) is 0 Å². The summed E-state index contributed by atoms with van der Waals surface area (Å²) in [4.78, 5) is 14.4. The number of benzene rings is 1. The zero-order chi connectivity index (χ0) is 9.84. The Hall–Kier alpha value is -1.35. The monoisotopic (exact) mass is 180 g/mol. The molecule has 0 aliphatic carbocycles. The van der Waals surface area contributed by atoms with Crippen molar-refractivity contribution in [2.75, 3.05) is 0 Å². The molecule has 0 saturated heterocycles. The van der Waals surface area contributed by atoms with E-state index in [0.29, 0.717) is 11.5 Å². The number of hydrogen-bond acceptors (Lipinski definition) is 3. The van der Waals surface area contributed by atoms with E-state index in [4.69, 9.17) is 5.26 Å². The summed E-state index contributed by atoms with van der Waals surface area (Å²) in [7, 11) is 0. The van der Waals surface area contributed by atoms with E-state index in [-0.39, 0.29) is 0 Å². The fourth-order valence-corrected chi connectivity index (χ4v) is 1.06. The van der Waals surface area contributed by atoms with Gasteiger partial charge in [-0.05, 0) is 23.6 Å². The van der Waals surface area contributed by atoms with Crippen molar-refractivity contribution in [2.24, 2.45) is 0 Å². The summed E-state index contributed by atoms with van der Waals surface area (Å²) in [6.07, 6.45) is 0. The van der Waals surface area contributed by atoms with Crippen LogP contribution in [0.5, 0.6) is 0 Å². The first-order valence-corrected chi connectivity index (χ1v) is 4.11. The lowest BCUT2D eigenvalue weighted by molar-refractivity contribution is -0.182. The zero-order valence-electron chi connectivity index (χ0n) is 7.65. The first-order chi connectivity index (χ1) is 6.15. The van der Waals surface area contributed by atoms with Crippen molar-refractivity contribution < 1.29 is 14.9 Å². The summed E-state index contributed by atoms with van der Waals surface area (Å²) in [6.45, 7) is 4.14. The van der Waals surface area contributed by atoms with Gasteiger partial charge in [-0.3, -0.25) is 4.89 Å². The molecular formula is C10H12O3. The first-order valence-electron chi connectivity index (χ1n) is 4.11. The van der Waals surface area contributed by atoms with Crippen molar-refractivity contribution in [3.63, 3.8) is 0 Å². The lowest BCUT2D eigenvalue weighted by atomic mass is 10.0. The second-order valence-corrected chi connectivity index (χ2v) is 3.16. The summed E-state index contributed by atoms with van der Waals surface area (Å²) in [5.41, 5.74) is 1.50. The van der Waals surface area contributed by atoms with Gasteiger partial charge in [0, 0.05) is 0 Å². The van der Waals surface area contributed by atoms with Crippen LogP contribution in [-0.4, -0.2) is 11.2 Å². The van der Waals surface area contributed by atoms with E-state index in [0.717, 1.165) is 5.56 Å². The molecule has 3 nitrogen and oxygen atoms in total. The zero-order valence-corrected chi connectivity index (χ0v) is 7.65. The lowest BCUT2D eigenvalue weighted by Gasteiger charge is -2.04. The largest absolute Gasteiger partial charge is 0.372 e. The molecule has 0 aliphatic heterocycles. The standard InChI is InChI=1S/C10H12O3/c1-7(2)8-3-5-9(6-4-8)10(11)13-12/h3-7,12H,1-2H3. The summed E-state index contributed by atoms with van der Waals surface area (Å²) in [6, 6.07) is 6.95. The summed E-state index contributed by atoms with van der Waals surface area (Å²) >= 11 is 0. The van der Waals surface area contributed by atoms with E-state index >= 15 is 0 Å². The maximum absolute atomic E-state index is 10.8. The Morgan fingerprint density at radius 2 is 1.85 bits per heavy atom. The van der Waals surface area contributed by atoms with Crippen LogP contribution in [0.1, 0.15) is 35.7 Å². The van der Waals surface area contributed by atoms with Crippen molar-refractivity contribution >= 4 is 5.97 Å². The van der Waals surface area contributed by atoms with Crippen LogP contribution in [0, 0.1) is 0 Å². The molecule has 3 heteroatoms. The molecule has 0 unspecified atom stereocenters. The fraction of sp³-hybridized carbons (Fsp3) is 0.300. The second kappa shape index (κ2) is 4.05. The Morgan fingerprint density at radius 1 is 1.31 bits per heavy atom. The van der Waals surface area contributed by atoms with Crippen LogP contribution >= 0.6 is 0 Å². The van der Waals surface area contributed by atoms with Crippen LogP contribution < -0.4 is 0 Å². The fourth-order valence-electron chi connectivity index (χ4n) is 1.06. The third-order valence-electron chi connectivity index (χ3n) is 1.90. The van der Waals surface area contributed by atoms with Crippen LogP contribution in [0.3, 0.4) is 0 Å². The van der Waals surface area contributed by atoms with Crippen LogP contribution in [0.25, 0.3) is 0 Å². The highest BCUT2D eigenvalue weighted by Gasteiger charge is 2.06. The maximum atomic E-state index is 10.8. The van der Waals surface area contributed by atoms with Gasteiger partial charge in [0.25, 0.3) is 0 Å². The number of rotatable bonds is 2. The molecule has 1 N–H and O–H groups in total. The van der Waals surface area contributed by atoms with Crippen LogP contribution in [0.2, 0.25) is 0 Å². The second-order valence-electron chi connectivity index (χ2n) is 3.16. The molecule has 13 heavy (non-hydrogen) atoms. The third-order valence-corrected chi connectivity index (χ3v) is 1.90. The minimum Gasteiger partial charge on any atom is -0.296 e. The minimum atomic E-state index is -0.727. The number of hydrogen-bond donors (Lipinski definition) is 1. The average molecular weight is 180 g/mol.